The maximum atomic E-state index is 12.6. The first-order valence-corrected chi connectivity index (χ1v) is 10.2. The molecule has 0 atom stereocenters. The third-order valence-corrected chi connectivity index (χ3v) is 5.75. The number of benzene rings is 1. The first kappa shape index (κ1) is 20.2. The second-order valence-electron chi connectivity index (χ2n) is 6.70. The van der Waals surface area contributed by atoms with Crippen LogP contribution in [0.15, 0.2) is 41.5 Å². The molecule has 0 fully saturated rings. The quantitative estimate of drug-likeness (QED) is 0.561. The molecule has 2 heterocycles. The van der Waals surface area contributed by atoms with Gasteiger partial charge in [-0.1, -0.05) is 30.3 Å². The van der Waals surface area contributed by atoms with Crippen molar-refractivity contribution in [3.05, 3.63) is 63.0 Å². The van der Waals surface area contributed by atoms with Gasteiger partial charge in [-0.25, -0.2) is 4.98 Å². The van der Waals surface area contributed by atoms with Crippen LogP contribution in [0.5, 0.6) is 0 Å². The minimum Gasteiger partial charge on any atom is -0.377 e. The number of nitrogens with zero attached hydrogens (tertiary/aromatic N) is 2. The van der Waals surface area contributed by atoms with Crippen molar-refractivity contribution in [1.29, 1.82) is 0 Å². The maximum absolute atomic E-state index is 12.6. The Labute approximate surface area is 168 Å². The number of aryl methyl sites for hydroxylation is 3. The molecule has 3 rings (SSSR count). The average molecular weight is 400 g/mol. The van der Waals surface area contributed by atoms with E-state index in [1.807, 2.05) is 44.2 Å². The van der Waals surface area contributed by atoms with E-state index in [0.717, 1.165) is 27.3 Å². The van der Waals surface area contributed by atoms with Gasteiger partial charge < -0.3 is 10.1 Å². The molecular formula is C21H25N3O3S. The SMILES string of the molecule is Cc1sc2ncn(CCC(=O)NCCCOCc3ccccc3)c(=O)c2c1C. The molecule has 3 aromatic rings. The van der Waals surface area contributed by atoms with Crippen molar-refractivity contribution in [3.8, 4) is 0 Å². The Balaban J connectivity index is 1.39. The van der Waals surface area contributed by atoms with Gasteiger partial charge in [0.15, 0.2) is 0 Å². The lowest BCUT2D eigenvalue weighted by Crippen LogP contribution is -2.28. The Hall–Kier alpha value is -2.51. The molecule has 0 aliphatic heterocycles. The number of hydrogen-bond donors (Lipinski definition) is 1. The standard InChI is InChI=1S/C21H25N3O3S/c1-15-16(2)28-20-19(15)21(26)24(14-23-20)11-9-18(25)22-10-6-12-27-13-17-7-4-3-5-8-17/h3-5,7-8,14H,6,9-13H2,1-2H3,(H,22,25). The largest absolute Gasteiger partial charge is 0.377 e. The molecular weight excluding hydrogens is 374 g/mol. The van der Waals surface area contributed by atoms with Crippen LogP contribution in [-0.2, 0) is 22.7 Å². The molecule has 0 bridgehead atoms. The number of amides is 1. The van der Waals surface area contributed by atoms with Gasteiger partial charge in [0.1, 0.15) is 4.83 Å². The summed E-state index contributed by atoms with van der Waals surface area (Å²) in [5.41, 5.74) is 2.04. The molecule has 2 aromatic heterocycles. The monoisotopic (exact) mass is 399 g/mol. The van der Waals surface area contributed by atoms with Crippen LogP contribution < -0.4 is 10.9 Å². The second kappa shape index (κ2) is 9.61. The molecule has 0 radical (unpaired) electrons. The van der Waals surface area contributed by atoms with E-state index in [0.29, 0.717) is 31.7 Å². The predicted octanol–water partition coefficient (Wildman–Crippen LogP) is 3.19. The number of fused-ring (bicyclic) bond motifs is 1. The van der Waals surface area contributed by atoms with E-state index in [1.54, 1.807) is 0 Å². The van der Waals surface area contributed by atoms with E-state index >= 15 is 0 Å². The van der Waals surface area contributed by atoms with Crippen molar-refractivity contribution in [2.24, 2.45) is 0 Å². The van der Waals surface area contributed by atoms with Crippen molar-refractivity contribution in [2.75, 3.05) is 13.2 Å². The summed E-state index contributed by atoms with van der Waals surface area (Å²) in [5, 5.41) is 3.54. The zero-order valence-electron chi connectivity index (χ0n) is 16.2. The third kappa shape index (κ3) is 5.05. The summed E-state index contributed by atoms with van der Waals surface area (Å²) in [5.74, 6) is -0.0757. The Morgan fingerprint density at radius 3 is 2.82 bits per heavy atom. The van der Waals surface area contributed by atoms with E-state index in [9.17, 15) is 9.59 Å². The molecule has 7 heteroatoms. The van der Waals surface area contributed by atoms with Gasteiger partial charge in [0, 0.05) is 31.0 Å². The molecule has 1 amide bonds. The molecule has 0 spiro atoms. The summed E-state index contributed by atoms with van der Waals surface area (Å²) >= 11 is 1.53. The Bertz CT molecular complexity index is 995. The van der Waals surface area contributed by atoms with E-state index in [2.05, 4.69) is 10.3 Å². The van der Waals surface area contributed by atoms with E-state index < -0.39 is 0 Å². The number of carbonyl (C=O) groups is 1. The van der Waals surface area contributed by atoms with Crippen molar-refractivity contribution < 1.29 is 9.53 Å². The van der Waals surface area contributed by atoms with E-state index in [4.69, 9.17) is 4.74 Å². The summed E-state index contributed by atoms with van der Waals surface area (Å²) in [7, 11) is 0. The van der Waals surface area contributed by atoms with E-state index in [1.165, 1.54) is 22.2 Å². The first-order valence-electron chi connectivity index (χ1n) is 9.40. The van der Waals surface area contributed by atoms with Crippen LogP contribution in [-0.4, -0.2) is 28.6 Å². The minimum absolute atomic E-state index is 0.0750. The molecule has 0 saturated heterocycles. The molecule has 1 aromatic carbocycles. The van der Waals surface area contributed by atoms with Gasteiger partial charge in [-0.05, 0) is 31.4 Å². The maximum Gasteiger partial charge on any atom is 0.262 e. The molecule has 0 saturated carbocycles. The van der Waals surface area contributed by atoms with Gasteiger partial charge in [0.05, 0.1) is 18.3 Å². The van der Waals surface area contributed by atoms with Gasteiger partial charge in [0.2, 0.25) is 5.91 Å². The van der Waals surface area contributed by atoms with Crippen molar-refractivity contribution in [1.82, 2.24) is 14.9 Å². The number of hydrogen-bond acceptors (Lipinski definition) is 5. The van der Waals surface area contributed by atoms with Crippen LogP contribution in [0.1, 0.15) is 28.8 Å². The van der Waals surface area contributed by atoms with Gasteiger partial charge in [-0.2, -0.15) is 0 Å². The van der Waals surface area contributed by atoms with Crippen molar-refractivity contribution in [2.45, 2.75) is 39.8 Å². The summed E-state index contributed by atoms with van der Waals surface area (Å²) in [6.45, 7) is 5.98. The normalized spacial score (nSPS) is 11.1. The molecule has 0 aliphatic carbocycles. The number of aromatic nitrogens is 2. The van der Waals surface area contributed by atoms with Gasteiger partial charge in [0.25, 0.3) is 5.56 Å². The van der Waals surface area contributed by atoms with Crippen LogP contribution in [0.4, 0.5) is 0 Å². The van der Waals surface area contributed by atoms with Gasteiger partial charge in [-0.3, -0.25) is 14.2 Å². The highest BCUT2D eigenvalue weighted by atomic mass is 32.1. The summed E-state index contributed by atoms with van der Waals surface area (Å²) in [4.78, 5) is 30.9. The van der Waals surface area contributed by atoms with Gasteiger partial charge >= 0.3 is 0 Å². The highest BCUT2D eigenvalue weighted by Crippen LogP contribution is 2.25. The molecule has 6 nitrogen and oxygen atoms in total. The van der Waals surface area contributed by atoms with Crippen LogP contribution in [0.2, 0.25) is 0 Å². The van der Waals surface area contributed by atoms with Crippen LogP contribution >= 0.6 is 11.3 Å². The van der Waals surface area contributed by atoms with E-state index in [-0.39, 0.29) is 17.9 Å². The average Bonchev–Trinajstić information content (AvgIpc) is 2.99. The number of carbonyl (C=O) groups excluding carboxylic acids is 1. The lowest BCUT2D eigenvalue weighted by Gasteiger charge is -2.08. The molecule has 148 valence electrons. The number of nitrogens with one attached hydrogen (secondary N) is 1. The molecule has 0 aliphatic rings. The van der Waals surface area contributed by atoms with Crippen molar-refractivity contribution >= 4 is 27.5 Å². The molecule has 1 N–H and O–H groups in total. The molecule has 28 heavy (non-hydrogen) atoms. The summed E-state index contributed by atoms with van der Waals surface area (Å²) in [6.07, 6.45) is 2.53. The van der Waals surface area contributed by atoms with Crippen LogP contribution in [0.25, 0.3) is 10.2 Å². The topological polar surface area (TPSA) is 73.2 Å². The Morgan fingerprint density at radius 2 is 2.04 bits per heavy atom. The van der Waals surface area contributed by atoms with Crippen LogP contribution in [0.3, 0.4) is 0 Å². The summed E-state index contributed by atoms with van der Waals surface area (Å²) in [6, 6.07) is 9.99. The minimum atomic E-state index is -0.0757. The fourth-order valence-corrected chi connectivity index (χ4v) is 3.89. The first-order chi connectivity index (χ1) is 13.6. The van der Waals surface area contributed by atoms with Gasteiger partial charge in [-0.15, -0.1) is 11.3 Å². The second-order valence-corrected chi connectivity index (χ2v) is 7.90. The summed E-state index contributed by atoms with van der Waals surface area (Å²) < 4.78 is 7.11. The predicted molar refractivity (Wildman–Crippen MR) is 112 cm³/mol. The Kier molecular flexibility index (Phi) is 6.95. The number of ether oxygens (including phenoxy) is 1. The zero-order chi connectivity index (χ0) is 19.9. The van der Waals surface area contributed by atoms with Crippen molar-refractivity contribution in [3.63, 3.8) is 0 Å². The zero-order valence-corrected chi connectivity index (χ0v) is 17.1. The number of thiophene rings is 1. The fourth-order valence-electron chi connectivity index (χ4n) is 2.91. The molecule has 0 unspecified atom stereocenters. The number of rotatable bonds is 9. The Morgan fingerprint density at radius 1 is 1.25 bits per heavy atom. The fraction of sp³-hybridized carbons (Fsp3) is 0.381. The van der Waals surface area contributed by atoms with Crippen LogP contribution in [0, 0.1) is 13.8 Å². The lowest BCUT2D eigenvalue weighted by atomic mass is 10.2. The highest BCUT2D eigenvalue weighted by molar-refractivity contribution is 7.18. The lowest BCUT2D eigenvalue weighted by molar-refractivity contribution is -0.121. The smallest absolute Gasteiger partial charge is 0.262 e. The third-order valence-electron chi connectivity index (χ3n) is 4.63. The highest BCUT2D eigenvalue weighted by Gasteiger charge is 2.12.